The summed E-state index contributed by atoms with van der Waals surface area (Å²) in [4.78, 5) is 24.9. The fourth-order valence-corrected chi connectivity index (χ4v) is 1.81. The summed E-state index contributed by atoms with van der Waals surface area (Å²) >= 11 is 0. The van der Waals surface area contributed by atoms with Crippen molar-refractivity contribution in [2.24, 2.45) is 0 Å². The second-order valence-electron chi connectivity index (χ2n) is 4.47. The molecule has 0 spiro atoms. The standard InChI is InChI=1S/C13H21N5O3/c1-21-12(19)10-16-9-11(8-14)13(20)17-4-7-18-5-2-15-3-6-18/h9,15-16H,2-7,10H2,1H3,(H,17,20)/b11-9-. The quantitative estimate of drug-likeness (QED) is 0.288. The summed E-state index contributed by atoms with van der Waals surface area (Å²) in [5, 5.41) is 17.4. The molecule has 1 saturated heterocycles. The van der Waals surface area contributed by atoms with Crippen molar-refractivity contribution in [3.05, 3.63) is 11.8 Å². The third kappa shape index (κ3) is 6.74. The fraction of sp³-hybridized carbons (Fsp3) is 0.615. The Labute approximate surface area is 124 Å². The number of carbonyl (C=O) groups excluding carboxylic acids is 2. The van der Waals surface area contributed by atoms with E-state index in [1.54, 1.807) is 6.07 Å². The van der Waals surface area contributed by atoms with E-state index in [4.69, 9.17) is 5.26 Å². The van der Waals surface area contributed by atoms with Gasteiger partial charge in [-0.15, -0.1) is 0 Å². The van der Waals surface area contributed by atoms with Crippen LogP contribution in [0.5, 0.6) is 0 Å². The number of rotatable bonds is 7. The normalized spacial score (nSPS) is 15.9. The molecular weight excluding hydrogens is 274 g/mol. The summed E-state index contributed by atoms with van der Waals surface area (Å²) in [6, 6.07) is 1.79. The second-order valence-corrected chi connectivity index (χ2v) is 4.47. The van der Waals surface area contributed by atoms with Crippen LogP contribution >= 0.6 is 0 Å². The van der Waals surface area contributed by atoms with Crippen LogP contribution in [0.1, 0.15) is 0 Å². The minimum Gasteiger partial charge on any atom is -0.468 e. The van der Waals surface area contributed by atoms with Crippen LogP contribution < -0.4 is 16.0 Å². The largest absolute Gasteiger partial charge is 0.468 e. The summed E-state index contributed by atoms with van der Waals surface area (Å²) in [6.45, 7) is 4.96. The summed E-state index contributed by atoms with van der Waals surface area (Å²) < 4.78 is 4.43. The summed E-state index contributed by atoms with van der Waals surface area (Å²) in [5.74, 6) is -0.923. The lowest BCUT2D eigenvalue weighted by atomic mass is 10.3. The van der Waals surface area contributed by atoms with E-state index in [0.717, 1.165) is 32.7 Å². The van der Waals surface area contributed by atoms with Crippen LogP contribution in [0, 0.1) is 11.3 Å². The number of hydrogen-bond donors (Lipinski definition) is 3. The van der Waals surface area contributed by atoms with Gasteiger partial charge in [-0.05, 0) is 0 Å². The predicted octanol–water partition coefficient (Wildman–Crippen LogP) is -1.82. The number of carbonyl (C=O) groups is 2. The van der Waals surface area contributed by atoms with E-state index in [0.29, 0.717) is 6.54 Å². The summed E-state index contributed by atoms with van der Waals surface area (Å²) in [6.07, 6.45) is 1.22. The molecule has 0 unspecified atom stereocenters. The molecule has 8 heteroatoms. The van der Waals surface area contributed by atoms with E-state index < -0.39 is 11.9 Å². The van der Waals surface area contributed by atoms with Gasteiger partial charge in [0.1, 0.15) is 18.2 Å². The van der Waals surface area contributed by atoms with Crippen LogP contribution in [0.2, 0.25) is 0 Å². The number of piperazine rings is 1. The molecule has 116 valence electrons. The lowest BCUT2D eigenvalue weighted by molar-refractivity contribution is -0.139. The lowest BCUT2D eigenvalue weighted by Gasteiger charge is -2.27. The molecule has 0 aromatic carbocycles. The second kappa shape index (κ2) is 9.74. The first kappa shape index (κ1) is 16.9. The van der Waals surface area contributed by atoms with Crippen LogP contribution in [0.3, 0.4) is 0 Å². The van der Waals surface area contributed by atoms with E-state index in [1.165, 1.54) is 13.3 Å². The number of nitrogens with zero attached hydrogens (tertiary/aromatic N) is 2. The molecule has 0 radical (unpaired) electrons. The molecule has 1 fully saturated rings. The number of amides is 1. The first-order valence-corrected chi connectivity index (χ1v) is 6.79. The number of hydrogen-bond acceptors (Lipinski definition) is 7. The maximum Gasteiger partial charge on any atom is 0.325 e. The van der Waals surface area contributed by atoms with Gasteiger partial charge in [0.25, 0.3) is 5.91 Å². The van der Waals surface area contributed by atoms with Crippen molar-refractivity contribution in [1.29, 1.82) is 5.26 Å². The van der Waals surface area contributed by atoms with Gasteiger partial charge in [0.05, 0.1) is 7.11 Å². The molecule has 1 aliphatic rings. The number of ether oxygens (including phenoxy) is 1. The van der Waals surface area contributed by atoms with Crippen LogP contribution in [-0.4, -0.2) is 69.7 Å². The minimum absolute atomic E-state index is 0.0702. The van der Waals surface area contributed by atoms with Crippen molar-refractivity contribution in [3.63, 3.8) is 0 Å². The Bertz CT molecular complexity index is 424. The first-order valence-electron chi connectivity index (χ1n) is 6.79. The number of nitriles is 1. The number of nitrogens with one attached hydrogen (secondary N) is 3. The van der Waals surface area contributed by atoms with Crippen molar-refractivity contribution in [2.45, 2.75) is 0 Å². The topological polar surface area (TPSA) is 106 Å². The highest BCUT2D eigenvalue weighted by atomic mass is 16.5. The average Bonchev–Trinajstić information content (AvgIpc) is 2.52. The van der Waals surface area contributed by atoms with Gasteiger partial charge < -0.3 is 20.7 Å². The van der Waals surface area contributed by atoms with Crippen LogP contribution in [0.4, 0.5) is 0 Å². The highest BCUT2D eigenvalue weighted by molar-refractivity contribution is 5.97. The van der Waals surface area contributed by atoms with E-state index in [1.807, 2.05) is 0 Å². The molecular formula is C13H21N5O3. The van der Waals surface area contributed by atoms with Crippen molar-refractivity contribution in [1.82, 2.24) is 20.9 Å². The van der Waals surface area contributed by atoms with Crippen LogP contribution in [-0.2, 0) is 14.3 Å². The Morgan fingerprint density at radius 2 is 2.14 bits per heavy atom. The molecule has 1 aliphatic heterocycles. The zero-order valence-electron chi connectivity index (χ0n) is 12.1. The monoisotopic (exact) mass is 295 g/mol. The third-order valence-corrected chi connectivity index (χ3v) is 3.01. The SMILES string of the molecule is COC(=O)CN/C=C(/C#N)C(=O)NCCN1CCNCC1. The van der Waals surface area contributed by atoms with Gasteiger partial charge in [0, 0.05) is 45.5 Å². The lowest BCUT2D eigenvalue weighted by Crippen LogP contribution is -2.46. The van der Waals surface area contributed by atoms with Gasteiger partial charge >= 0.3 is 5.97 Å². The molecule has 0 aromatic heterocycles. The third-order valence-electron chi connectivity index (χ3n) is 3.01. The first-order chi connectivity index (χ1) is 10.2. The van der Waals surface area contributed by atoms with Crippen LogP contribution in [0.25, 0.3) is 0 Å². The van der Waals surface area contributed by atoms with Crippen molar-refractivity contribution in [2.75, 3.05) is 52.9 Å². The fourth-order valence-electron chi connectivity index (χ4n) is 1.81. The van der Waals surface area contributed by atoms with Crippen molar-refractivity contribution >= 4 is 11.9 Å². The Morgan fingerprint density at radius 3 is 2.76 bits per heavy atom. The Kier molecular flexibility index (Phi) is 7.86. The number of esters is 1. The van der Waals surface area contributed by atoms with E-state index in [9.17, 15) is 9.59 Å². The van der Waals surface area contributed by atoms with Gasteiger partial charge in [-0.2, -0.15) is 5.26 Å². The van der Waals surface area contributed by atoms with Gasteiger partial charge in [-0.1, -0.05) is 0 Å². The Morgan fingerprint density at radius 1 is 1.43 bits per heavy atom. The van der Waals surface area contributed by atoms with Gasteiger partial charge in [0.2, 0.25) is 0 Å². The molecule has 0 aliphatic carbocycles. The summed E-state index contributed by atoms with van der Waals surface area (Å²) in [5.41, 5.74) is -0.0702. The van der Waals surface area contributed by atoms with Gasteiger partial charge in [-0.25, -0.2) is 0 Å². The predicted molar refractivity (Wildman–Crippen MR) is 76.0 cm³/mol. The highest BCUT2D eigenvalue weighted by Gasteiger charge is 2.11. The molecule has 0 atom stereocenters. The number of methoxy groups -OCH3 is 1. The molecule has 0 saturated carbocycles. The zero-order chi connectivity index (χ0) is 15.5. The van der Waals surface area contributed by atoms with E-state index >= 15 is 0 Å². The molecule has 21 heavy (non-hydrogen) atoms. The van der Waals surface area contributed by atoms with Crippen molar-refractivity contribution in [3.8, 4) is 6.07 Å². The minimum atomic E-state index is -0.470. The zero-order valence-corrected chi connectivity index (χ0v) is 12.1. The summed E-state index contributed by atoms with van der Waals surface area (Å²) in [7, 11) is 1.27. The molecule has 1 rings (SSSR count). The Balaban J connectivity index is 2.28. The maximum atomic E-state index is 11.8. The van der Waals surface area contributed by atoms with Gasteiger partial charge in [-0.3, -0.25) is 14.5 Å². The Hall–Kier alpha value is -2.11. The maximum absolute atomic E-state index is 11.8. The molecule has 0 aromatic rings. The average molecular weight is 295 g/mol. The molecule has 8 nitrogen and oxygen atoms in total. The van der Waals surface area contributed by atoms with Gasteiger partial charge in [0.15, 0.2) is 0 Å². The molecule has 3 N–H and O–H groups in total. The van der Waals surface area contributed by atoms with Crippen LogP contribution in [0.15, 0.2) is 11.8 Å². The molecule has 0 bridgehead atoms. The van der Waals surface area contributed by atoms with E-state index in [2.05, 4.69) is 25.6 Å². The highest BCUT2D eigenvalue weighted by Crippen LogP contribution is 1.93. The van der Waals surface area contributed by atoms with Crippen molar-refractivity contribution < 1.29 is 14.3 Å². The smallest absolute Gasteiger partial charge is 0.325 e. The molecule has 1 amide bonds. The molecule has 1 heterocycles. The van der Waals surface area contributed by atoms with E-state index in [-0.39, 0.29) is 12.1 Å².